The fraction of sp³-hybridized carbons (Fsp3) is 0.917. The number of piperidine rings is 1. The number of aliphatic hydroxyl groups excluding tert-OH is 1. The van der Waals surface area contributed by atoms with E-state index in [0.29, 0.717) is 12.3 Å². The van der Waals surface area contributed by atoms with E-state index in [2.05, 4.69) is 20.8 Å². The molecule has 0 aromatic carbocycles. The van der Waals surface area contributed by atoms with Gasteiger partial charge in [0.05, 0.1) is 0 Å². The molecule has 88 valence electrons. The maximum Gasteiger partial charge on any atom is 0.223 e. The van der Waals surface area contributed by atoms with Crippen molar-refractivity contribution in [1.82, 2.24) is 4.90 Å². The van der Waals surface area contributed by atoms with Gasteiger partial charge in [-0.15, -0.1) is 0 Å². The van der Waals surface area contributed by atoms with Crippen molar-refractivity contribution >= 4 is 5.91 Å². The van der Waals surface area contributed by atoms with Crippen molar-refractivity contribution in [2.24, 2.45) is 11.3 Å². The molecule has 1 heterocycles. The summed E-state index contributed by atoms with van der Waals surface area (Å²) in [6, 6.07) is 0. The van der Waals surface area contributed by atoms with E-state index >= 15 is 0 Å². The molecule has 15 heavy (non-hydrogen) atoms. The molecule has 1 fully saturated rings. The third-order valence-electron chi connectivity index (χ3n) is 2.81. The molecule has 0 aliphatic carbocycles. The second-order valence-electron chi connectivity index (χ2n) is 5.77. The molecule has 0 bridgehead atoms. The summed E-state index contributed by atoms with van der Waals surface area (Å²) < 4.78 is 0. The molecule has 0 spiro atoms. The normalized spacial score (nSPS) is 22.9. The Labute approximate surface area is 92.5 Å². The molecule has 3 nitrogen and oxygen atoms in total. The van der Waals surface area contributed by atoms with Crippen LogP contribution in [0.15, 0.2) is 0 Å². The number of likely N-dealkylation sites (tertiary alicyclic amines) is 1. The second kappa shape index (κ2) is 4.97. The first-order chi connectivity index (χ1) is 6.92. The minimum absolute atomic E-state index is 0.0588. The summed E-state index contributed by atoms with van der Waals surface area (Å²) in [6.07, 6.45) is 2.68. The van der Waals surface area contributed by atoms with E-state index in [0.717, 1.165) is 25.9 Å². The van der Waals surface area contributed by atoms with Gasteiger partial charge in [0.15, 0.2) is 0 Å². The summed E-state index contributed by atoms with van der Waals surface area (Å²) in [5.41, 5.74) is 0.0588. The van der Waals surface area contributed by atoms with Gasteiger partial charge in [-0.2, -0.15) is 0 Å². The van der Waals surface area contributed by atoms with E-state index in [9.17, 15) is 4.79 Å². The van der Waals surface area contributed by atoms with E-state index < -0.39 is 0 Å². The molecule has 1 atom stereocenters. The fourth-order valence-electron chi connectivity index (χ4n) is 2.01. The molecule has 0 saturated carbocycles. The number of carbonyl (C=O) groups is 1. The van der Waals surface area contributed by atoms with Crippen molar-refractivity contribution in [3.05, 3.63) is 0 Å². The Kier molecular flexibility index (Phi) is 4.14. The van der Waals surface area contributed by atoms with Gasteiger partial charge in [0.1, 0.15) is 0 Å². The van der Waals surface area contributed by atoms with Gasteiger partial charge in [-0.05, 0) is 24.2 Å². The third kappa shape index (κ3) is 4.20. The van der Waals surface area contributed by atoms with Gasteiger partial charge in [0, 0.05) is 26.1 Å². The average molecular weight is 213 g/mol. The van der Waals surface area contributed by atoms with Gasteiger partial charge < -0.3 is 10.0 Å². The lowest BCUT2D eigenvalue weighted by Crippen LogP contribution is -2.42. The van der Waals surface area contributed by atoms with Crippen LogP contribution >= 0.6 is 0 Å². The first-order valence-electron chi connectivity index (χ1n) is 5.81. The molecule has 3 heteroatoms. The van der Waals surface area contributed by atoms with Gasteiger partial charge in [-0.3, -0.25) is 4.79 Å². The number of hydrogen-bond acceptors (Lipinski definition) is 2. The molecule has 1 rings (SSSR count). The molecular formula is C12H23NO2. The summed E-state index contributed by atoms with van der Waals surface area (Å²) in [6.45, 7) is 8.06. The number of rotatable bonds is 2. The SMILES string of the molecule is CC(C)(C)CC(=O)N1CCC[C@H](CO)C1. The van der Waals surface area contributed by atoms with Crippen LogP contribution in [0.4, 0.5) is 0 Å². The van der Waals surface area contributed by atoms with Crippen LogP contribution in [-0.2, 0) is 4.79 Å². The van der Waals surface area contributed by atoms with Crippen molar-refractivity contribution in [2.45, 2.75) is 40.0 Å². The first kappa shape index (κ1) is 12.5. The molecule has 1 N–H and O–H groups in total. The molecular weight excluding hydrogens is 190 g/mol. The lowest BCUT2D eigenvalue weighted by atomic mass is 9.90. The van der Waals surface area contributed by atoms with Gasteiger partial charge in [0.25, 0.3) is 0 Å². The lowest BCUT2D eigenvalue weighted by Gasteiger charge is -2.33. The van der Waals surface area contributed by atoms with Crippen LogP contribution in [0.1, 0.15) is 40.0 Å². The lowest BCUT2D eigenvalue weighted by molar-refractivity contribution is -0.135. The zero-order chi connectivity index (χ0) is 11.5. The second-order valence-corrected chi connectivity index (χ2v) is 5.77. The summed E-state index contributed by atoms with van der Waals surface area (Å²) in [4.78, 5) is 13.8. The van der Waals surface area contributed by atoms with Crippen LogP contribution in [-0.4, -0.2) is 35.6 Å². The van der Waals surface area contributed by atoms with E-state index in [1.165, 1.54) is 0 Å². The number of nitrogens with zero attached hydrogens (tertiary/aromatic N) is 1. The van der Waals surface area contributed by atoms with Crippen molar-refractivity contribution < 1.29 is 9.90 Å². The predicted octanol–water partition coefficient (Wildman–Crippen LogP) is 1.65. The minimum Gasteiger partial charge on any atom is -0.396 e. The molecule has 0 aromatic heterocycles. The summed E-state index contributed by atoms with van der Waals surface area (Å²) >= 11 is 0. The van der Waals surface area contributed by atoms with Crippen LogP contribution in [0, 0.1) is 11.3 Å². The fourth-order valence-corrected chi connectivity index (χ4v) is 2.01. The quantitative estimate of drug-likeness (QED) is 0.757. The summed E-state index contributed by atoms with van der Waals surface area (Å²) in [5, 5.41) is 9.09. The summed E-state index contributed by atoms with van der Waals surface area (Å²) in [7, 11) is 0. The standard InChI is InChI=1S/C12H23NO2/c1-12(2,3)7-11(15)13-6-4-5-10(8-13)9-14/h10,14H,4-9H2,1-3H3/t10-/m0/s1. The van der Waals surface area contributed by atoms with Crippen LogP contribution in [0.25, 0.3) is 0 Å². The largest absolute Gasteiger partial charge is 0.396 e. The van der Waals surface area contributed by atoms with Gasteiger partial charge in [0.2, 0.25) is 5.91 Å². The maximum atomic E-state index is 11.9. The van der Waals surface area contributed by atoms with Gasteiger partial charge in [-0.1, -0.05) is 20.8 Å². The molecule has 1 amide bonds. The third-order valence-corrected chi connectivity index (χ3v) is 2.81. The first-order valence-corrected chi connectivity index (χ1v) is 5.81. The zero-order valence-corrected chi connectivity index (χ0v) is 10.1. The van der Waals surface area contributed by atoms with Crippen LogP contribution in [0.5, 0.6) is 0 Å². The highest BCUT2D eigenvalue weighted by Gasteiger charge is 2.25. The highest BCUT2D eigenvalue weighted by molar-refractivity contribution is 5.76. The minimum atomic E-state index is 0.0588. The summed E-state index contributed by atoms with van der Waals surface area (Å²) in [5.74, 6) is 0.531. The Balaban J connectivity index is 2.45. The molecule has 1 aliphatic rings. The van der Waals surface area contributed by atoms with Gasteiger partial charge in [-0.25, -0.2) is 0 Å². The van der Waals surface area contributed by atoms with Crippen molar-refractivity contribution in [3.63, 3.8) is 0 Å². The van der Waals surface area contributed by atoms with E-state index in [-0.39, 0.29) is 17.9 Å². The topological polar surface area (TPSA) is 40.5 Å². The Morgan fingerprint density at radius 3 is 2.67 bits per heavy atom. The number of hydrogen-bond donors (Lipinski definition) is 1. The number of aliphatic hydroxyl groups is 1. The zero-order valence-electron chi connectivity index (χ0n) is 10.1. The van der Waals surface area contributed by atoms with Crippen molar-refractivity contribution in [2.75, 3.05) is 19.7 Å². The van der Waals surface area contributed by atoms with Crippen molar-refractivity contribution in [3.8, 4) is 0 Å². The molecule has 1 aliphatic heterocycles. The predicted molar refractivity (Wildman–Crippen MR) is 60.5 cm³/mol. The monoisotopic (exact) mass is 213 g/mol. The molecule has 1 saturated heterocycles. The van der Waals surface area contributed by atoms with Crippen LogP contribution in [0.3, 0.4) is 0 Å². The van der Waals surface area contributed by atoms with Crippen LogP contribution < -0.4 is 0 Å². The highest BCUT2D eigenvalue weighted by Crippen LogP contribution is 2.23. The highest BCUT2D eigenvalue weighted by atomic mass is 16.3. The molecule has 0 unspecified atom stereocenters. The Hall–Kier alpha value is -0.570. The molecule has 0 radical (unpaired) electrons. The molecule has 0 aromatic rings. The van der Waals surface area contributed by atoms with E-state index in [4.69, 9.17) is 5.11 Å². The Bertz CT molecular complexity index is 220. The average Bonchev–Trinajstić information content (AvgIpc) is 2.15. The smallest absolute Gasteiger partial charge is 0.223 e. The Morgan fingerprint density at radius 1 is 1.47 bits per heavy atom. The number of amides is 1. The van der Waals surface area contributed by atoms with Crippen LogP contribution in [0.2, 0.25) is 0 Å². The maximum absolute atomic E-state index is 11.9. The van der Waals surface area contributed by atoms with Crippen molar-refractivity contribution in [1.29, 1.82) is 0 Å². The van der Waals surface area contributed by atoms with E-state index in [1.54, 1.807) is 0 Å². The number of carbonyl (C=O) groups excluding carboxylic acids is 1. The van der Waals surface area contributed by atoms with Gasteiger partial charge >= 0.3 is 0 Å². The van der Waals surface area contributed by atoms with E-state index in [1.807, 2.05) is 4.90 Å². The Morgan fingerprint density at radius 2 is 2.13 bits per heavy atom.